The quantitative estimate of drug-likeness (QED) is 0.433. The SMILES string of the molecule is O=C1Nc2ccc(Br)c(C(F)(F)F)c2C(=NO)C1=O. The summed E-state index contributed by atoms with van der Waals surface area (Å²) in [4.78, 5) is 22.7. The fraction of sp³-hybridized carbons (Fsp3) is 0.100. The fourth-order valence-corrected chi connectivity index (χ4v) is 2.26. The number of benzene rings is 1. The maximum Gasteiger partial charge on any atom is 0.418 e. The highest BCUT2D eigenvalue weighted by atomic mass is 79.9. The summed E-state index contributed by atoms with van der Waals surface area (Å²) in [5.41, 5.74) is -3.03. The zero-order valence-corrected chi connectivity index (χ0v) is 10.5. The minimum atomic E-state index is -4.79. The van der Waals surface area contributed by atoms with Gasteiger partial charge in [-0.2, -0.15) is 13.2 Å². The Bertz CT molecular complexity index is 625. The van der Waals surface area contributed by atoms with Crippen molar-refractivity contribution in [3.05, 3.63) is 27.7 Å². The van der Waals surface area contributed by atoms with Crippen molar-refractivity contribution in [2.75, 3.05) is 5.32 Å². The lowest BCUT2D eigenvalue weighted by molar-refractivity contribution is -0.138. The van der Waals surface area contributed by atoms with Crippen LogP contribution in [0.25, 0.3) is 0 Å². The maximum absolute atomic E-state index is 13.0. The van der Waals surface area contributed by atoms with E-state index in [2.05, 4.69) is 21.1 Å². The molecule has 0 spiro atoms. The second-order valence-corrected chi connectivity index (χ2v) is 4.43. The molecule has 1 aromatic rings. The summed E-state index contributed by atoms with van der Waals surface area (Å²) in [6.07, 6.45) is -4.79. The second kappa shape index (κ2) is 4.34. The molecule has 0 unspecified atom stereocenters. The third-order valence-electron chi connectivity index (χ3n) is 2.44. The molecule has 1 aliphatic rings. The third kappa shape index (κ3) is 2.09. The highest BCUT2D eigenvalue weighted by molar-refractivity contribution is 9.10. The number of rotatable bonds is 0. The smallest absolute Gasteiger partial charge is 0.410 e. The number of Topliss-reactive ketones (excluding diaryl/α,β-unsaturated/α-hetero) is 1. The van der Waals surface area contributed by atoms with Gasteiger partial charge >= 0.3 is 6.18 Å². The molecule has 2 N–H and O–H groups in total. The normalized spacial score (nSPS) is 17.4. The molecule has 2 rings (SSSR count). The Morgan fingerprint density at radius 1 is 1.26 bits per heavy atom. The van der Waals surface area contributed by atoms with Gasteiger partial charge in [0, 0.05) is 10.0 Å². The Labute approximate surface area is 112 Å². The molecule has 100 valence electrons. The lowest BCUT2D eigenvalue weighted by Gasteiger charge is -2.22. The Kier molecular flexibility index (Phi) is 3.09. The van der Waals surface area contributed by atoms with E-state index in [1.165, 1.54) is 6.07 Å². The largest absolute Gasteiger partial charge is 0.418 e. The third-order valence-corrected chi connectivity index (χ3v) is 3.11. The Morgan fingerprint density at radius 2 is 1.89 bits per heavy atom. The van der Waals surface area contributed by atoms with Crippen LogP contribution in [0.1, 0.15) is 11.1 Å². The zero-order valence-electron chi connectivity index (χ0n) is 8.88. The topological polar surface area (TPSA) is 78.8 Å². The minimum absolute atomic E-state index is 0.243. The van der Waals surface area contributed by atoms with E-state index >= 15 is 0 Å². The Hall–Kier alpha value is -1.90. The van der Waals surface area contributed by atoms with Crippen molar-refractivity contribution in [1.82, 2.24) is 0 Å². The number of alkyl halides is 3. The minimum Gasteiger partial charge on any atom is -0.410 e. The van der Waals surface area contributed by atoms with Crippen LogP contribution < -0.4 is 5.32 Å². The first kappa shape index (κ1) is 13.5. The van der Waals surface area contributed by atoms with Gasteiger partial charge in [-0.3, -0.25) is 9.59 Å². The first-order valence-corrected chi connectivity index (χ1v) is 5.54. The zero-order chi connectivity index (χ0) is 14.4. The van der Waals surface area contributed by atoms with Gasteiger partial charge in [0.25, 0.3) is 11.7 Å². The molecule has 1 aromatic carbocycles. The van der Waals surface area contributed by atoms with Crippen molar-refractivity contribution >= 4 is 39.0 Å². The van der Waals surface area contributed by atoms with Gasteiger partial charge < -0.3 is 10.5 Å². The molecule has 1 aliphatic heterocycles. The van der Waals surface area contributed by atoms with Crippen molar-refractivity contribution in [3.63, 3.8) is 0 Å². The predicted octanol–water partition coefficient (Wildman–Crippen LogP) is 2.17. The summed E-state index contributed by atoms with van der Waals surface area (Å²) in [7, 11) is 0. The highest BCUT2D eigenvalue weighted by Gasteiger charge is 2.43. The number of anilines is 1. The predicted molar refractivity (Wildman–Crippen MR) is 61.1 cm³/mol. The number of halogens is 4. The summed E-state index contributed by atoms with van der Waals surface area (Å²) in [5, 5.41) is 13.2. The van der Waals surface area contributed by atoms with E-state index in [0.29, 0.717) is 0 Å². The van der Waals surface area contributed by atoms with Crippen molar-refractivity contribution in [2.24, 2.45) is 5.16 Å². The summed E-state index contributed by atoms with van der Waals surface area (Å²) in [6.45, 7) is 0. The molecular weight excluding hydrogens is 333 g/mol. The summed E-state index contributed by atoms with van der Waals surface area (Å²) in [6, 6.07) is 2.25. The van der Waals surface area contributed by atoms with Crippen LogP contribution in [0.15, 0.2) is 21.8 Å². The van der Waals surface area contributed by atoms with Crippen LogP contribution in [-0.4, -0.2) is 22.6 Å². The van der Waals surface area contributed by atoms with Gasteiger partial charge in [-0.1, -0.05) is 21.1 Å². The average Bonchev–Trinajstić information content (AvgIpc) is 2.30. The summed E-state index contributed by atoms with van der Waals surface area (Å²) in [5.74, 6) is -2.49. The number of nitrogens with zero attached hydrogens (tertiary/aromatic N) is 1. The van der Waals surface area contributed by atoms with Gasteiger partial charge in [-0.25, -0.2) is 0 Å². The van der Waals surface area contributed by atoms with Gasteiger partial charge in [0.2, 0.25) is 0 Å². The van der Waals surface area contributed by atoms with Crippen molar-refractivity contribution < 1.29 is 28.0 Å². The Morgan fingerprint density at radius 3 is 2.42 bits per heavy atom. The molecule has 0 bridgehead atoms. The number of amides is 1. The molecule has 19 heavy (non-hydrogen) atoms. The number of nitrogens with one attached hydrogen (secondary N) is 1. The number of ketones is 1. The van der Waals surface area contributed by atoms with Crippen LogP contribution in [0, 0.1) is 0 Å². The lowest BCUT2D eigenvalue weighted by Crippen LogP contribution is -2.37. The van der Waals surface area contributed by atoms with Crippen molar-refractivity contribution in [3.8, 4) is 0 Å². The number of oxime groups is 1. The van der Waals surface area contributed by atoms with Gasteiger partial charge in [0.05, 0.1) is 11.3 Å². The van der Waals surface area contributed by atoms with E-state index in [1.54, 1.807) is 0 Å². The highest BCUT2D eigenvalue weighted by Crippen LogP contribution is 2.41. The van der Waals surface area contributed by atoms with E-state index in [9.17, 15) is 22.8 Å². The van der Waals surface area contributed by atoms with Crippen LogP contribution in [0.5, 0.6) is 0 Å². The van der Waals surface area contributed by atoms with Crippen LogP contribution in [0.3, 0.4) is 0 Å². The molecule has 5 nitrogen and oxygen atoms in total. The number of hydrogen-bond acceptors (Lipinski definition) is 4. The molecule has 1 amide bonds. The van der Waals surface area contributed by atoms with Gasteiger partial charge in [0.15, 0.2) is 5.71 Å². The van der Waals surface area contributed by atoms with Crippen LogP contribution in [0.2, 0.25) is 0 Å². The van der Waals surface area contributed by atoms with Crippen molar-refractivity contribution in [1.29, 1.82) is 0 Å². The monoisotopic (exact) mass is 336 g/mol. The van der Waals surface area contributed by atoms with Gasteiger partial charge in [-0.05, 0) is 12.1 Å². The number of carbonyl (C=O) groups excluding carboxylic acids is 2. The first-order chi connectivity index (χ1) is 8.77. The van der Waals surface area contributed by atoms with Gasteiger partial charge in [0.1, 0.15) is 0 Å². The second-order valence-electron chi connectivity index (χ2n) is 3.57. The van der Waals surface area contributed by atoms with E-state index in [-0.39, 0.29) is 10.2 Å². The van der Waals surface area contributed by atoms with E-state index < -0.39 is 34.7 Å². The molecule has 0 saturated heterocycles. The molecule has 0 aliphatic carbocycles. The van der Waals surface area contributed by atoms with Crippen LogP contribution in [0.4, 0.5) is 18.9 Å². The van der Waals surface area contributed by atoms with E-state index in [4.69, 9.17) is 5.21 Å². The van der Waals surface area contributed by atoms with Crippen LogP contribution in [-0.2, 0) is 15.8 Å². The lowest BCUT2D eigenvalue weighted by atomic mass is 9.94. The number of fused-ring (bicyclic) bond motifs is 1. The molecule has 0 aromatic heterocycles. The molecule has 0 atom stereocenters. The number of carbonyl (C=O) groups is 2. The maximum atomic E-state index is 13.0. The number of hydrogen-bond donors (Lipinski definition) is 2. The summed E-state index contributed by atoms with van der Waals surface area (Å²) >= 11 is 2.72. The van der Waals surface area contributed by atoms with E-state index in [0.717, 1.165) is 6.07 Å². The molecule has 0 saturated carbocycles. The molecule has 0 radical (unpaired) electrons. The molecular formula is C10H4BrF3N2O3. The molecule has 1 heterocycles. The first-order valence-electron chi connectivity index (χ1n) is 4.75. The fourth-order valence-electron chi connectivity index (χ4n) is 1.70. The molecule has 0 fully saturated rings. The van der Waals surface area contributed by atoms with Crippen LogP contribution >= 0.6 is 15.9 Å². The van der Waals surface area contributed by atoms with Crippen molar-refractivity contribution in [2.45, 2.75) is 6.18 Å². The van der Waals surface area contributed by atoms with E-state index in [1.807, 2.05) is 5.32 Å². The molecule has 9 heteroatoms. The Balaban J connectivity index is 2.84. The average molecular weight is 337 g/mol. The standard InChI is InChI=1S/C10H4BrF3N2O3/c11-3-1-2-4-5(6(3)10(12,13)14)7(16-19)8(17)9(18)15-4/h1-2,19H,(H,15,18). The van der Waals surface area contributed by atoms with Gasteiger partial charge in [-0.15, -0.1) is 0 Å². The summed E-state index contributed by atoms with van der Waals surface area (Å²) < 4.78 is 38.6.